The van der Waals surface area contributed by atoms with Crippen molar-refractivity contribution >= 4 is 0 Å². The molecule has 4 atom stereocenters. The predicted octanol–water partition coefficient (Wildman–Crippen LogP) is 1.13. The third-order valence-corrected chi connectivity index (χ3v) is 4.96. The van der Waals surface area contributed by atoms with Crippen molar-refractivity contribution < 1.29 is 9.84 Å². The molecule has 0 aliphatic carbocycles. The Morgan fingerprint density at radius 2 is 2.26 bits per heavy atom. The van der Waals surface area contributed by atoms with Gasteiger partial charge in [0, 0.05) is 31.1 Å². The summed E-state index contributed by atoms with van der Waals surface area (Å²) in [7, 11) is 2.17. The van der Waals surface area contributed by atoms with Crippen LogP contribution < -0.4 is 5.32 Å². The van der Waals surface area contributed by atoms with Crippen molar-refractivity contribution in [3.8, 4) is 5.75 Å². The number of nitrogens with one attached hydrogen (secondary N) is 1. The molecule has 2 bridgehead atoms. The molecule has 1 spiro atoms. The Hall–Kier alpha value is -1.10. The SMILES string of the molecule is CN1C[C@H]2C[C@@H]3CN[C@@H](c4ccccc4O)[C@]3(C1)O2. The summed E-state index contributed by atoms with van der Waals surface area (Å²) >= 11 is 0. The van der Waals surface area contributed by atoms with Gasteiger partial charge in [0.2, 0.25) is 0 Å². The zero-order valence-electron chi connectivity index (χ0n) is 11.2. The normalized spacial score (nSPS) is 41.4. The molecule has 3 heterocycles. The fourth-order valence-corrected chi connectivity index (χ4v) is 4.27. The van der Waals surface area contributed by atoms with Gasteiger partial charge in [0.1, 0.15) is 11.4 Å². The Morgan fingerprint density at radius 3 is 3.11 bits per heavy atom. The number of phenols is 1. The fourth-order valence-electron chi connectivity index (χ4n) is 4.27. The Balaban J connectivity index is 1.76. The van der Waals surface area contributed by atoms with Gasteiger partial charge in [0.05, 0.1) is 12.1 Å². The number of fused-ring (bicyclic) bond motifs is 1. The molecular weight excluding hydrogens is 240 g/mol. The van der Waals surface area contributed by atoms with E-state index in [1.54, 1.807) is 6.07 Å². The molecule has 2 N–H and O–H groups in total. The maximum absolute atomic E-state index is 10.1. The third kappa shape index (κ3) is 1.57. The quantitative estimate of drug-likeness (QED) is 0.794. The average Bonchev–Trinajstić information content (AvgIpc) is 2.80. The number of aromatic hydroxyl groups is 1. The first-order chi connectivity index (χ1) is 9.19. The second kappa shape index (κ2) is 3.95. The monoisotopic (exact) mass is 260 g/mol. The van der Waals surface area contributed by atoms with Crippen molar-refractivity contribution in [2.75, 3.05) is 26.7 Å². The highest BCUT2D eigenvalue weighted by Gasteiger charge is 2.60. The van der Waals surface area contributed by atoms with Crippen LogP contribution in [0.1, 0.15) is 18.0 Å². The predicted molar refractivity (Wildman–Crippen MR) is 72.1 cm³/mol. The largest absolute Gasteiger partial charge is 0.508 e. The van der Waals surface area contributed by atoms with Crippen molar-refractivity contribution in [3.05, 3.63) is 29.8 Å². The minimum Gasteiger partial charge on any atom is -0.508 e. The van der Waals surface area contributed by atoms with Gasteiger partial charge in [-0.15, -0.1) is 0 Å². The van der Waals surface area contributed by atoms with Crippen LogP contribution in [0.5, 0.6) is 5.75 Å². The van der Waals surface area contributed by atoms with E-state index in [2.05, 4.69) is 17.3 Å². The van der Waals surface area contributed by atoms with E-state index in [1.165, 1.54) is 0 Å². The molecule has 0 saturated carbocycles. The van der Waals surface area contributed by atoms with Gasteiger partial charge in [-0.2, -0.15) is 0 Å². The minimum atomic E-state index is -0.156. The lowest BCUT2D eigenvalue weighted by molar-refractivity contribution is -0.120. The first kappa shape index (κ1) is 11.7. The van der Waals surface area contributed by atoms with Gasteiger partial charge in [-0.05, 0) is 19.5 Å². The molecule has 0 amide bonds. The molecule has 0 radical (unpaired) electrons. The van der Waals surface area contributed by atoms with Crippen LogP contribution in [0.25, 0.3) is 0 Å². The number of likely N-dealkylation sites (N-methyl/N-ethyl adjacent to an activating group) is 1. The van der Waals surface area contributed by atoms with Crippen molar-refractivity contribution in [3.63, 3.8) is 0 Å². The number of likely N-dealkylation sites (tertiary alicyclic amines) is 1. The molecule has 3 fully saturated rings. The number of rotatable bonds is 1. The first-order valence-corrected chi connectivity index (χ1v) is 7.07. The van der Waals surface area contributed by atoms with E-state index in [1.807, 2.05) is 18.2 Å². The summed E-state index contributed by atoms with van der Waals surface area (Å²) < 4.78 is 6.39. The van der Waals surface area contributed by atoms with Crippen LogP contribution in [0.3, 0.4) is 0 Å². The van der Waals surface area contributed by atoms with E-state index in [4.69, 9.17) is 4.74 Å². The number of morpholine rings is 1. The minimum absolute atomic E-state index is 0.103. The van der Waals surface area contributed by atoms with Gasteiger partial charge in [0.15, 0.2) is 0 Å². The molecule has 4 rings (SSSR count). The van der Waals surface area contributed by atoms with E-state index in [0.717, 1.165) is 31.6 Å². The van der Waals surface area contributed by atoms with Crippen molar-refractivity contribution in [2.24, 2.45) is 5.92 Å². The lowest BCUT2D eigenvalue weighted by atomic mass is 9.82. The average molecular weight is 260 g/mol. The zero-order valence-corrected chi connectivity index (χ0v) is 11.2. The molecular formula is C15H20N2O2. The maximum atomic E-state index is 10.1. The number of nitrogens with zero attached hydrogens (tertiary/aromatic N) is 1. The molecule has 4 nitrogen and oxygen atoms in total. The highest BCUT2D eigenvalue weighted by molar-refractivity contribution is 5.38. The van der Waals surface area contributed by atoms with Gasteiger partial charge in [-0.25, -0.2) is 0 Å². The first-order valence-electron chi connectivity index (χ1n) is 7.07. The molecule has 1 aromatic carbocycles. The van der Waals surface area contributed by atoms with Crippen LogP contribution >= 0.6 is 0 Å². The van der Waals surface area contributed by atoms with E-state index < -0.39 is 0 Å². The number of hydrogen-bond donors (Lipinski definition) is 2. The molecule has 0 aromatic heterocycles. The fraction of sp³-hybridized carbons (Fsp3) is 0.600. The van der Waals surface area contributed by atoms with Crippen LogP contribution in [0.4, 0.5) is 0 Å². The molecule has 3 aliphatic rings. The Morgan fingerprint density at radius 1 is 1.42 bits per heavy atom. The van der Waals surface area contributed by atoms with Crippen LogP contribution in [-0.4, -0.2) is 48.4 Å². The third-order valence-electron chi connectivity index (χ3n) is 4.96. The van der Waals surface area contributed by atoms with Crippen LogP contribution in [0.2, 0.25) is 0 Å². The van der Waals surface area contributed by atoms with E-state index in [-0.39, 0.29) is 11.6 Å². The summed E-state index contributed by atoms with van der Waals surface area (Å²) in [5, 5.41) is 13.7. The molecule has 1 aromatic rings. The number of hydrogen-bond acceptors (Lipinski definition) is 4. The topological polar surface area (TPSA) is 44.7 Å². The van der Waals surface area contributed by atoms with Gasteiger partial charge < -0.3 is 20.1 Å². The van der Waals surface area contributed by atoms with Crippen LogP contribution in [-0.2, 0) is 4.74 Å². The molecule has 19 heavy (non-hydrogen) atoms. The van der Waals surface area contributed by atoms with Crippen LogP contribution in [0.15, 0.2) is 24.3 Å². The van der Waals surface area contributed by atoms with Crippen molar-refractivity contribution in [1.29, 1.82) is 0 Å². The standard InChI is InChI=1S/C15H20N2O2/c1-17-8-11-6-10-7-16-14(15(10,9-17)19-11)12-4-2-3-5-13(12)18/h2-5,10-11,14,16,18H,6-9H2,1H3/t10-,11-,14+,15-/m1/s1. The molecule has 3 saturated heterocycles. The van der Waals surface area contributed by atoms with E-state index >= 15 is 0 Å². The van der Waals surface area contributed by atoms with Gasteiger partial charge in [0.25, 0.3) is 0 Å². The van der Waals surface area contributed by atoms with E-state index in [9.17, 15) is 5.11 Å². The van der Waals surface area contributed by atoms with Gasteiger partial charge in [-0.1, -0.05) is 18.2 Å². The number of phenolic OH excluding ortho intramolecular Hbond substituents is 1. The lowest BCUT2D eigenvalue weighted by Crippen LogP contribution is -2.53. The van der Waals surface area contributed by atoms with Crippen molar-refractivity contribution in [2.45, 2.75) is 24.2 Å². The number of benzene rings is 1. The Bertz CT molecular complexity index is 507. The highest BCUT2D eigenvalue weighted by atomic mass is 16.5. The van der Waals surface area contributed by atoms with Gasteiger partial charge >= 0.3 is 0 Å². The summed E-state index contributed by atoms with van der Waals surface area (Å²) in [5.74, 6) is 0.933. The summed E-state index contributed by atoms with van der Waals surface area (Å²) in [6, 6.07) is 7.73. The Labute approximate surface area is 113 Å². The molecule has 102 valence electrons. The van der Waals surface area contributed by atoms with E-state index in [0.29, 0.717) is 17.8 Å². The molecule has 4 heteroatoms. The Kier molecular flexibility index (Phi) is 2.43. The van der Waals surface area contributed by atoms with Gasteiger partial charge in [-0.3, -0.25) is 0 Å². The number of para-hydroxylation sites is 1. The van der Waals surface area contributed by atoms with Crippen LogP contribution in [0, 0.1) is 5.92 Å². The summed E-state index contributed by atoms with van der Waals surface area (Å²) in [4.78, 5) is 2.37. The lowest BCUT2D eigenvalue weighted by Gasteiger charge is -2.42. The second-order valence-electron chi connectivity index (χ2n) is 6.22. The van der Waals surface area contributed by atoms with Crippen molar-refractivity contribution in [1.82, 2.24) is 10.2 Å². The summed E-state index contributed by atoms with van der Waals surface area (Å²) in [6.07, 6.45) is 1.50. The molecule has 0 unspecified atom stereocenters. The summed E-state index contributed by atoms with van der Waals surface area (Å²) in [6.45, 7) is 2.97. The molecule has 3 aliphatic heterocycles. The smallest absolute Gasteiger partial charge is 0.120 e. The maximum Gasteiger partial charge on any atom is 0.120 e. The second-order valence-corrected chi connectivity index (χ2v) is 6.22. The summed E-state index contributed by atoms with van der Waals surface area (Å²) in [5.41, 5.74) is 0.817. The highest BCUT2D eigenvalue weighted by Crippen LogP contribution is 2.52. The zero-order chi connectivity index (χ0) is 13.0. The number of ether oxygens (including phenoxy) is 1.